The zero-order valence-electron chi connectivity index (χ0n) is 11.2. The van der Waals surface area contributed by atoms with Gasteiger partial charge in [0.05, 0.1) is 21.4 Å². The van der Waals surface area contributed by atoms with Crippen LogP contribution in [0.4, 0.5) is 11.4 Å². The molecule has 0 aliphatic carbocycles. The second-order valence-electron chi connectivity index (χ2n) is 4.23. The van der Waals surface area contributed by atoms with Crippen LogP contribution in [-0.4, -0.2) is 15.0 Å². The Kier molecular flexibility index (Phi) is 4.98. The van der Waals surface area contributed by atoms with E-state index in [1.54, 1.807) is 36.4 Å². The molecular weight excluding hydrogens is 331 g/mol. The fourth-order valence-electron chi connectivity index (χ4n) is 1.82. The van der Waals surface area contributed by atoms with E-state index in [2.05, 4.69) is 10.0 Å². The molecule has 2 aromatic carbocycles. The molecule has 0 saturated carbocycles. The second kappa shape index (κ2) is 6.56. The summed E-state index contributed by atoms with van der Waals surface area (Å²) in [6.07, 6.45) is 0. The van der Waals surface area contributed by atoms with Crippen molar-refractivity contribution in [3.05, 3.63) is 52.5 Å². The number of nitrogens with one attached hydrogen (secondary N) is 2. The number of rotatable bonds is 5. The summed E-state index contributed by atoms with van der Waals surface area (Å²) in [7, 11) is -3.79. The molecule has 4 nitrogen and oxygen atoms in total. The van der Waals surface area contributed by atoms with Crippen LogP contribution in [0.15, 0.2) is 47.4 Å². The van der Waals surface area contributed by atoms with Crippen molar-refractivity contribution < 1.29 is 8.42 Å². The lowest BCUT2D eigenvalue weighted by atomic mass is 10.3. The maximum atomic E-state index is 12.5. The first-order chi connectivity index (χ1) is 9.95. The lowest BCUT2D eigenvalue weighted by molar-refractivity contribution is 0.601. The first kappa shape index (κ1) is 15.9. The first-order valence-corrected chi connectivity index (χ1v) is 8.49. The van der Waals surface area contributed by atoms with Gasteiger partial charge in [-0.15, -0.1) is 0 Å². The van der Waals surface area contributed by atoms with Gasteiger partial charge in [0, 0.05) is 6.54 Å². The third kappa shape index (κ3) is 3.61. The zero-order valence-corrected chi connectivity index (χ0v) is 13.6. The minimum absolute atomic E-state index is 0.142. The Hall–Kier alpha value is -1.43. The van der Waals surface area contributed by atoms with Crippen molar-refractivity contribution in [2.45, 2.75) is 11.8 Å². The summed E-state index contributed by atoms with van der Waals surface area (Å²) in [5, 5.41) is 3.50. The second-order valence-corrected chi connectivity index (χ2v) is 6.69. The molecule has 21 heavy (non-hydrogen) atoms. The van der Waals surface area contributed by atoms with Crippen LogP contribution in [0.1, 0.15) is 6.92 Å². The minimum atomic E-state index is -3.79. The summed E-state index contributed by atoms with van der Waals surface area (Å²) in [4.78, 5) is 0.142. The van der Waals surface area contributed by atoms with Crippen molar-refractivity contribution in [1.82, 2.24) is 0 Å². The normalized spacial score (nSPS) is 11.2. The summed E-state index contributed by atoms with van der Waals surface area (Å²) in [5.74, 6) is 0. The summed E-state index contributed by atoms with van der Waals surface area (Å²) in [6.45, 7) is 2.50. The van der Waals surface area contributed by atoms with Gasteiger partial charge < -0.3 is 5.32 Å². The molecule has 0 aliphatic heterocycles. The Morgan fingerprint density at radius 3 is 2.24 bits per heavy atom. The van der Waals surface area contributed by atoms with Gasteiger partial charge in [0.15, 0.2) is 0 Å². The van der Waals surface area contributed by atoms with E-state index in [0.29, 0.717) is 12.2 Å². The van der Waals surface area contributed by atoms with Crippen LogP contribution in [0.5, 0.6) is 0 Å². The Morgan fingerprint density at radius 2 is 1.62 bits per heavy atom. The lowest BCUT2D eigenvalue weighted by Crippen LogP contribution is -2.16. The molecule has 0 amide bonds. The van der Waals surface area contributed by atoms with Crippen molar-refractivity contribution in [3.8, 4) is 0 Å². The Bertz CT molecular complexity index is 728. The quantitative estimate of drug-likeness (QED) is 0.853. The average molecular weight is 345 g/mol. The Balaban J connectivity index is 2.44. The monoisotopic (exact) mass is 344 g/mol. The number of hydrogen-bond acceptors (Lipinski definition) is 3. The van der Waals surface area contributed by atoms with Crippen molar-refractivity contribution in [3.63, 3.8) is 0 Å². The largest absolute Gasteiger partial charge is 0.384 e. The van der Waals surface area contributed by atoms with E-state index >= 15 is 0 Å². The van der Waals surface area contributed by atoms with Crippen molar-refractivity contribution in [2.24, 2.45) is 0 Å². The van der Waals surface area contributed by atoms with Gasteiger partial charge in [-0.3, -0.25) is 4.72 Å². The molecule has 0 fully saturated rings. The van der Waals surface area contributed by atoms with Crippen molar-refractivity contribution in [1.29, 1.82) is 0 Å². The number of halogens is 2. The lowest BCUT2D eigenvalue weighted by Gasteiger charge is -2.14. The molecular formula is C14H14Cl2N2O2S. The average Bonchev–Trinajstić information content (AvgIpc) is 2.44. The molecule has 2 aromatic rings. The minimum Gasteiger partial charge on any atom is -0.384 e. The molecule has 0 radical (unpaired) electrons. The topological polar surface area (TPSA) is 58.2 Å². The predicted octanol–water partition coefficient (Wildman–Crippen LogP) is 4.23. The SMILES string of the molecule is CCNc1ccccc1S(=O)(=O)Nc1c(Cl)cccc1Cl. The van der Waals surface area contributed by atoms with E-state index in [1.165, 1.54) is 6.07 Å². The summed E-state index contributed by atoms with van der Waals surface area (Å²) in [6, 6.07) is 11.4. The highest BCUT2D eigenvalue weighted by Crippen LogP contribution is 2.33. The van der Waals surface area contributed by atoms with Gasteiger partial charge in [-0.25, -0.2) is 8.42 Å². The molecule has 0 unspecified atom stereocenters. The Labute approximate surface area is 134 Å². The van der Waals surface area contributed by atoms with Crippen LogP contribution in [0, 0.1) is 0 Å². The van der Waals surface area contributed by atoms with Crippen molar-refractivity contribution in [2.75, 3.05) is 16.6 Å². The molecule has 0 bridgehead atoms. The molecule has 2 rings (SSSR count). The van der Waals surface area contributed by atoms with Crippen LogP contribution in [0.3, 0.4) is 0 Å². The molecule has 0 saturated heterocycles. The zero-order chi connectivity index (χ0) is 15.5. The van der Waals surface area contributed by atoms with Crippen molar-refractivity contribution >= 4 is 44.6 Å². The standard InChI is InChI=1S/C14H14Cl2N2O2S/c1-2-17-12-8-3-4-9-13(12)21(19,20)18-14-10(15)6-5-7-11(14)16/h3-9,17-18H,2H2,1H3. The molecule has 0 spiro atoms. The molecule has 112 valence electrons. The first-order valence-electron chi connectivity index (χ1n) is 6.25. The Morgan fingerprint density at radius 1 is 1.00 bits per heavy atom. The van der Waals surface area contributed by atoms with Crippen LogP contribution < -0.4 is 10.0 Å². The van der Waals surface area contributed by atoms with Crippen LogP contribution in [0.2, 0.25) is 10.0 Å². The van der Waals surface area contributed by atoms with Gasteiger partial charge in [0.2, 0.25) is 0 Å². The molecule has 7 heteroatoms. The molecule has 2 N–H and O–H groups in total. The van der Waals surface area contributed by atoms with E-state index in [-0.39, 0.29) is 20.6 Å². The van der Waals surface area contributed by atoms with E-state index in [4.69, 9.17) is 23.2 Å². The van der Waals surface area contributed by atoms with Gasteiger partial charge in [-0.05, 0) is 31.2 Å². The van der Waals surface area contributed by atoms with Gasteiger partial charge >= 0.3 is 0 Å². The maximum Gasteiger partial charge on any atom is 0.264 e. The number of anilines is 2. The molecule has 0 atom stereocenters. The maximum absolute atomic E-state index is 12.5. The van der Waals surface area contributed by atoms with Crippen LogP contribution >= 0.6 is 23.2 Å². The summed E-state index contributed by atoms with van der Waals surface area (Å²) >= 11 is 12.0. The van der Waals surface area contributed by atoms with Gasteiger partial charge in [-0.1, -0.05) is 41.4 Å². The smallest absolute Gasteiger partial charge is 0.264 e. The fourth-order valence-corrected chi connectivity index (χ4v) is 3.71. The molecule has 0 aliphatic rings. The summed E-state index contributed by atoms with van der Waals surface area (Å²) < 4.78 is 27.5. The third-order valence-electron chi connectivity index (χ3n) is 2.74. The van der Waals surface area contributed by atoms with E-state index < -0.39 is 10.0 Å². The molecule has 0 heterocycles. The van der Waals surface area contributed by atoms with E-state index in [0.717, 1.165) is 0 Å². The highest BCUT2D eigenvalue weighted by Gasteiger charge is 2.20. The fraction of sp³-hybridized carbons (Fsp3) is 0.143. The number of benzene rings is 2. The molecule has 0 aromatic heterocycles. The van der Waals surface area contributed by atoms with Crippen LogP contribution in [0.25, 0.3) is 0 Å². The predicted molar refractivity (Wildman–Crippen MR) is 87.9 cm³/mol. The number of sulfonamides is 1. The number of para-hydroxylation sites is 2. The van der Waals surface area contributed by atoms with Gasteiger partial charge in [-0.2, -0.15) is 0 Å². The van der Waals surface area contributed by atoms with Crippen LogP contribution in [-0.2, 0) is 10.0 Å². The van der Waals surface area contributed by atoms with E-state index in [9.17, 15) is 8.42 Å². The summed E-state index contributed by atoms with van der Waals surface area (Å²) in [5.41, 5.74) is 0.697. The highest BCUT2D eigenvalue weighted by atomic mass is 35.5. The number of hydrogen-bond donors (Lipinski definition) is 2. The van der Waals surface area contributed by atoms with E-state index in [1.807, 2.05) is 6.92 Å². The highest BCUT2D eigenvalue weighted by molar-refractivity contribution is 7.93. The third-order valence-corrected chi connectivity index (χ3v) is 4.78. The van der Waals surface area contributed by atoms with Gasteiger partial charge in [0.25, 0.3) is 10.0 Å². The van der Waals surface area contributed by atoms with Gasteiger partial charge in [0.1, 0.15) is 4.90 Å².